The van der Waals surface area contributed by atoms with Crippen LogP contribution in [-0.2, 0) is 0 Å². The maximum Gasteiger partial charge on any atom is 0.195 e. The van der Waals surface area contributed by atoms with Crippen LogP contribution in [0, 0.1) is 0 Å². The molecule has 4 aromatic rings. The molecule has 0 spiro atoms. The predicted molar refractivity (Wildman–Crippen MR) is 138 cm³/mol. The van der Waals surface area contributed by atoms with Crippen molar-refractivity contribution in [2.45, 2.75) is 57.5 Å². The molecule has 0 radical (unpaired) electrons. The van der Waals surface area contributed by atoms with Gasteiger partial charge in [-0.25, -0.2) is 0 Å². The topological polar surface area (TPSA) is 54.4 Å². The fraction of sp³-hybridized carbons (Fsp3) is 0.310. The summed E-state index contributed by atoms with van der Waals surface area (Å²) in [7, 11) is 0. The third kappa shape index (κ3) is 5.07. The van der Waals surface area contributed by atoms with Gasteiger partial charge in [-0.15, -0.1) is 11.3 Å². The van der Waals surface area contributed by atoms with E-state index in [9.17, 15) is 14.7 Å². The highest BCUT2D eigenvalue weighted by atomic mass is 32.1. The summed E-state index contributed by atoms with van der Waals surface area (Å²) in [5.41, 5.74) is 0.908. The second-order valence-electron chi connectivity index (χ2n) is 9.13. The molecule has 33 heavy (non-hydrogen) atoms. The predicted octanol–water partition coefficient (Wildman–Crippen LogP) is 7.10. The van der Waals surface area contributed by atoms with Crippen molar-refractivity contribution in [2.75, 3.05) is 0 Å². The molecule has 1 fully saturated rings. The van der Waals surface area contributed by atoms with Crippen molar-refractivity contribution < 1.29 is 9.90 Å². The van der Waals surface area contributed by atoms with Crippen LogP contribution in [0.2, 0.25) is 0 Å². The minimum absolute atomic E-state index is 0.109. The van der Waals surface area contributed by atoms with Gasteiger partial charge in [0.15, 0.2) is 11.2 Å². The van der Waals surface area contributed by atoms with Crippen LogP contribution in [0.25, 0.3) is 20.2 Å². The smallest absolute Gasteiger partial charge is 0.195 e. The summed E-state index contributed by atoms with van der Waals surface area (Å²) in [6, 6.07) is 23.2. The van der Waals surface area contributed by atoms with Crippen molar-refractivity contribution in [3.63, 3.8) is 0 Å². The first-order valence-electron chi connectivity index (χ1n) is 11.7. The second-order valence-corrected chi connectivity index (χ2v) is 10.2. The van der Waals surface area contributed by atoms with E-state index in [1.807, 2.05) is 48.5 Å². The highest BCUT2D eigenvalue weighted by Crippen LogP contribution is 2.31. The molecule has 170 valence electrons. The maximum absolute atomic E-state index is 12.5. The van der Waals surface area contributed by atoms with Crippen LogP contribution in [0.5, 0.6) is 0 Å². The lowest BCUT2D eigenvalue weighted by Gasteiger charge is -2.30. The number of carbonyl (C=O) groups excluding carboxylic acids is 1. The van der Waals surface area contributed by atoms with Crippen molar-refractivity contribution in [1.82, 2.24) is 0 Å². The summed E-state index contributed by atoms with van der Waals surface area (Å²) < 4.78 is 2.13. The van der Waals surface area contributed by atoms with E-state index in [4.69, 9.17) is 0 Å². The summed E-state index contributed by atoms with van der Waals surface area (Å²) in [5.74, 6) is 0.341. The molecule has 1 heterocycles. The molecule has 0 bridgehead atoms. The highest BCUT2D eigenvalue weighted by Gasteiger charge is 2.37. The van der Waals surface area contributed by atoms with E-state index in [-0.39, 0.29) is 11.2 Å². The molecule has 1 aliphatic carbocycles. The van der Waals surface area contributed by atoms with Crippen molar-refractivity contribution in [2.24, 2.45) is 0 Å². The third-order valence-corrected chi connectivity index (χ3v) is 7.56. The van der Waals surface area contributed by atoms with Gasteiger partial charge in [0.2, 0.25) is 0 Å². The Morgan fingerprint density at radius 3 is 2.18 bits per heavy atom. The van der Waals surface area contributed by atoms with Crippen molar-refractivity contribution >= 4 is 37.3 Å². The van der Waals surface area contributed by atoms with E-state index >= 15 is 0 Å². The molecule has 3 nitrogen and oxygen atoms in total. The molecule has 0 atom stereocenters. The Morgan fingerprint density at radius 2 is 1.48 bits per heavy atom. The van der Waals surface area contributed by atoms with Crippen LogP contribution in [0.1, 0.15) is 67.8 Å². The number of rotatable bonds is 3. The molecule has 1 saturated carbocycles. The first-order valence-corrected chi connectivity index (χ1v) is 12.5. The second kappa shape index (κ2) is 9.98. The van der Waals surface area contributed by atoms with Gasteiger partial charge in [-0.2, -0.15) is 0 Å². The molecular formula is C29H30O3S. The van der Waals surface area contributed by atoms with Crippen LogP contribution in [0.4, 0.5) is 0 Å². The van der Waals surface area contributed by atoms with Crippen molar-refractivity contribution in [1.29, 1.82) is 0 Å². The monoisotopic (exact) mass is 458 g/mol. The van der Waals surface area contributed by atoms with E-state index in [1.54, 1.807) is 23.5 Å². The maximum atomic E-state index is 12.5. The van der Waals surface area contributed by atoms with Gasteiger partial charge >= 0.3 is 0 Å². The van der Waals surface area contributed by atoms with E-state index in [0.29, 0.717) is 24.3 Å². The molecule has 1 aliphatic rings. The Balaban J connectivity index is 0.000000160. The molecule has 3 aromatic carbocycles. The lowest BCUT2D eigenvalue weighted by molar-refractivity contribution is 0.0116. The SMILES string of the molecule is CC(C)c1ccc2sc3ccccc3c(=O)c2c1.O=C(c1ccccc1)C1(O)CCCCC1. The van der Waals surface area contributed by atoms with Crippen LogP contribution in [-0.4, -0.2) is 16.5 Å². The summed E-state index contributed by atoms with van der Waals surface area (Å²) in [6.07, 6.45) is 4.26. The van der Waals surface area contributed by atoms with Crippen LogP contribution in [0.15, 0.2) is 77.6 Å². The van der Waals surface area contributed by atoms with Gasteiger partial charge in [0.25, 0.3) is 0 Å². The van der Waals surface area contributed by atoms with E-state index in [1.165, 1.54) is 5.56 Å². The Labute approximate surface area is 198 Å². The summed E-state index contributed by atoms with van der Waals surface area (Å²) >= 11 is 1.69. The minimum atomic E-state index is -1.10. The fourth-order valence-corrected chi connectivity index (χ4v) is 5.45. The standard InChI is InChI=1S/C16H14OS.C13H16O2/c1-10(2)11-7-8-15-13(9-11)16(17)12-5-3-4-6-14(12)18-15;14-12(11-7-3-1-4-8-11)13(15)9-5-2-6-10-13/h3-10H,1-2H3;1,3-4,7-8,15H,2,5-6,9-10H2. The molecule has 0 saturated heterocycles. The molecule has 1 aromatic heterocycles. The first kappa shape index (κ1) is 23.3. The number of carbonyl (C=O) groups is 1. The molecule has 4 heteroatoms. The summed E-state index contributed by atoms with van der Waals surface area (Å²) in [5, 5.41) is 11.9. The zero-order chi connectivity index (χ0) is 23.4. The molecule has 1 N–H and O–H groups in total. The number of benzene rings is 3. The van der Waals surface area contributed by atoms with Crippen LogP contribution in [0.3, 0.4) is 0 Å². The largest absolute Gasteiger partial charge is 0.382 e. The number of hydrogen-bond donors (Lipinski definition) is 1. The van der Waals surface area contributed by atoms with Gasteiger partial charge in [0, 0.05) is 25.7 Å². The quantitative estimate of drug-likeness (QED) is 0.263. The zero-order valence-electron chi connectivity index (χ0n) is 19.2. The minimum Gasteiger partial charge on any atom is -0.382 e. The lowest BCUT2D eigenvalue weighted by atomic mass is 9.79. The van der Waals surface area contributed by atoms with Gasteiger partial charge in [-0.1, -0.05) is 81.6 Å². The van der Waals surface area contributed by atoms with Crippen LogP contribution < -0.4 is 5.43 Å². The first-order chi connectivity index (χ1) is 15.9. The number of ketones is 1. The lowest BCUT2D eigenvalue weighted by Crippen LogP contribution is -2.40. The number of hydrogen-bond acceptors (Lipinski definition) is 4. The highest BCUT2D eigenvalue weighted by molar-refractivity contribution is 7.24. The molecular weight excluding hydrogens is 428 g/mol. The van der Waals surface area contributed by atoms with Crippen LogP contribution >= 0.6 is 11.3 Å². The van der Waals surface area contributed by atoms with Crippen molar-refractivity contribution in [3.8, 4) is 0 Å². The fourth-order valence-electron chi connectivity index (χ4n) is 4.40. The summed E-state index contributed by atoms with van der Waals surface area (Å²) in [4.78, 5) is 24.5. The average Bonchev–Trinajstić information content (AvgIpc) is 2.85. The number of fused-ring (bicyclic) bond motifs is 2. The van der Waals surface area contributed by atoms with E-state index < -0.39 is 5.60 Å². The number of Topliss-reactive ketones (excluding diaryl/α,β-unsaturated/α-hetero) is 1. The molecule has 0 aliphatic heterocycles. The van der Waals surface area contributed by atoms with Gasteiger partial charge in [-0.3, -0.25) is 9.59 Å². The normalized spacial score (nSPS) is 15.3. The average molecular weight is 459 g/mol. The van der Waals surface area contributed by atoms with Gasteiger partial charge < -0.3 is 5.11 Å². The van der Waals surface area contributed by atoms with Gasteiger partial charge in [-0.05, 0) is 48.6 Å². The van der Waals surface area contributed by atoms with E-state index in [0.717, 1.165) is 39.4 Å². The van der Waals surface area contributed by atoms with Crippen molar-refractivity contribution in [3.05, 3.63) is 94.1 Å². The number of aliphatic hydroxyl groups is 1. The van der Waals surface area contributed by atoms with Gasteiger partial charge in [0.1, 0.15) is 5.60 Å². The van der Waals surface area contributed by atoms with E-state index in [2.05, 4.69) is 26.0 Å². The molecule has 5 rings (SSSR count). The molecule has 0 amide bonds. The zero-order valence-corrected chi connectivity index (χ0v) is 20.0. The Morgan fingerprint density at radius 1 is 0.848 bits per heavy atom. The Hall–Kier alpha value is -2.82. The Kier molecular flexibility index (Phi) is 7.06. The Bertz CT molecular complexity index is 1320. The molecule has 0 unspecified atom stereocenters. The summed E-state index contributed by atoms with van der Waals surface area (Å²) in [6.45, 7) is 4.30. The third-order valence-electron chi connectivity index (χ3n) is 6.41. The van der Waals surface area contributed by atoms with Gasteiger partial charge in [0.05, 0.1) is 0 Å².